The first-order chi connectivity index (χ1) is 13.0. The molecule has 1 atom stereocenters. The van der Waals surface area contributed by atoms with Crippen molar-refractivity contribution < 1.29 is 9.59 Å². The van der Waals surface area contributed by atoms with Gasteiger partial charge in [0.05, 0.1) is 0 Å². The number of carbonyl (C=O) groups is 2. The van der Waals surface area contributed by atoms with Crippen LogP contribution < -0.4 is 0 Å². The summed E-state index contributed by atoms with van der Waals surface area (Å²) in [5.74, 6) is 1.25. The van der Waals surface area contributed by atoms with Crippen LogP contribution in [0.15, 0.2) is 36.4 Å². The van der Waals surface area contributed by atoms with E-state index in [1.807, 2.05) is 36.4 Å². The van der Waals surface area contributed by atoms with Gasteiger partial charge in [0.2, 0.25) is 0 Å². The molecule has 2 aliphatic rings. The van der Waals surface area contributed by atoms with E-state index >= 15 is 0 Å². The molecule has 4 heteroatoms. The van der Waals surface area contributed by atoms with Crippen molar-refractivity contribution in [3.8, 4) is 0 Å². The molecule has 1 unspecified atom stereocenters. The highest BCUT2D eigenvalue weighted by atomic mass is 16.2. The molecule has 1 saturated heterocycles. The summed E-state index contributed by atoms with van der Waals surface area (Å²) in [6.07, 6.45) is 4.83. The van der Waals surface area contributed by atoms with Gasteiger partial charge in [0.25, 0.3) is 5.91 Å². The number of hydrogen-bond acceptors (Lipinski definition) is 3. The average Bonchev–Trinajstić information content (AvgIpc) is 3.50. The Labute approximate surface area is 161 Å². The second kappa shape index (κ2) is 7.43. The molecule has 4 nitrogen and oxygen atoms in total. The Morgan fingerprint density at radius 3 is 2.33 bits per heavy atom. The van der Waals surface area contributed by atoms with E-state index in [1.54, 1.807) is 19.0 Å². The van der Waals surface area contributed by atoms with Crippen molar-refractivity contribution in [3.05, 3.63) is 47.5 Å². The molecule has 142 valence electrons. The molecule has 2 fully saturated rings. The number of Topliss-reactive ketones (excluding diaryl/α,β-unsaturated/α-hetero) is 1. The van der Waals surface area contributed by atoms with Crippen LogP contribution in [0.5, 0.6) is 0 Å². The maximum absolute atomic E-state index is 13.1. The number of fused-ring (bicyclic) bond motifs is 1. The number of hydrogen-bond donors (Lipinski definition) is 0. The van der Waals surface area contributed by atoms with E-state index in [9.17, 15) is 9.59 Å². The fourth-order valence-corrected chi connectivity index (χ4v) is 4.13. The summed E-state index contributed by atoms with van der Waals surface area (Å²) in [5.41, 5.74) is 1.47. The lowest BCUT2D eigenvalue weighted by atomic mass is 9.89. The summed E-state index contributed by atoms with van der Waals surface area (Å²) < 4.78 is 0. The van der Waals surface area contributed by atoms with Crippen molar-refractivity contribution in [1.29, 1.82) is 0 Å². The van der Waals surface area contributed by atoms with Crippen LogP contribution >= 0.6 is 0 Å². The number of ketones is 1. The molecule has 1 heterocycles. The van der Waals surface area contributed by atoms with Crippen LogP contribution in [0.3, 0.4) is 0 Å². The van der Waals surface area contributed by atoms with Gasteiger partial charge in [0, 0.05) is 44.2 Å². The number of carbonyl (C=O) groups excluding carboxylic acids is 2. The Hall–Kier alpha value is -2.20. The zero-order valence-electron chi connectivity index (χ0n) is 16.3. The van der Waals surface area contributed by atoms with Gasteiger partial charge in [-0.3, -0.25) is 9.59 Å². The van der Waals surface area contributed by atoms with E-state index in [1.165, 1.54) is 19.4 Å². The maximum atomic E-state index is 13.1. The number of rotatable bonds is 5. The summed E-state index contributed by atoms with van der Waals surface area (Å²) in [6.45, 7) is 3.22. The van der Waals surface area contributed by atoms with Gasteiger partial charge in [-0.1, -0.05) is 18.2 Å². The summed E-state index contributed by atoms with van der Waals surface area (Å²) in [5, 5.41) is 2.01. The first-order valence-electron chi connectivity index (χ1n) is 10.0. The van der Waals surface area contributed by atoms with Crippen molar-refractivity contribution in [3.63, 3.8) is 0 Å². The predicted octanol–water partition coefficient (Wildman–Crippen LogP) is 3.85. The van der Waals surface area contributed by atoms with E-state index in [4.69, 9.17) is 0 Å². The van der Waals surface area contributed by atoms with Crippen LogP contribution in [0.1, 0.15) is 46.4 Å². The molecular formula is C23H28N2O2. The summed E-state index contributed by atoms with van der Waals surface area (Å²) in [6, 6.07) is 11.6. The number of piperidine rings is 1. The molecule has 1 amide bonds. The highest BCUT2D eigenvalue weighted by Gasteiger charge is 2.30. The topological polar surface area (TPSA) is 40.6 Å². The lowest BCUT2D eigenvalue weighted by molar-refractivity contribution is 0.0811. The third kappa shape index (κ3) is 4.06. The zero-order valence-corrected chi connectivity index (χ0v) is 16.3. The van der Waals surface area contributed by atoms with E-state index in [2.05, 4.69) is 4.90 Å². The highest BCUT2D eigenvalue weighted by molar-refractivity contribution is 6.03. The Bertz CT molecular complexity index is 870. The largest absolute Gasteiger partial charge is 0.345 e. The minimum Gasteiger partial charge on any atom is -0.345 e. The maximum Gasteiger partial charge on any atom is 0.253 e. The average molecular weight is 364 g/mol. The first-order valence-corrected chi connectivity index (χ1v) is 10.0. The van der Waals surface area contributed by atoms with Crippen molar-refractivity contribution in [2.45, 2.75) is 25.7 Å². The van der Waals surface area contributed by atoms with E-state index in [0.717, 1.165) is 48.2 Å². The van der Waals surface area contributed by atoms with Crippen LogP contribution in [0.2, 0.25) is 0 Å². The number of nitrogens with zero attached hydrogens (tertiary/aromatic N) is 2. The van der Waals surface area contributed by atoms with Crippen molar-refractivity contribution in [2.75, 3.05) is 33.7 Å². The van der Waals surface area contributed by atoms with Gasteiger partial charge in [-0.2, -0.15) is 0 Å². The van der Waals surface area contributed by atoms with Gasteiger partial charge in [0.1, 0.15) is 0 Å². The van der Waals surface area contributed by atoms with Crippen molar-refractivity contribution in [1.82, 2.24) is 9.80 Å². The molecule has 0 aromatic heterocycles. The third-order valence-electron chi connectivity index (χ3n) is 5.87. The van der Waals surface area contributed by atoms with E-state index in [0.29, 0.717) is 5.56 Å². The lowest BCUT2D eigenvalue weighted by Crippen LogP contribution is -2.39. The molecule has 0 N–H and O–H groups in total. The summed E-state index contributed by atoms with van der Waals surface area (Å²) in [4.78, 5) is 29.3. The molecule has 2 aromatic carbocycles. The molecule has 0 radical (unpaired) electrons. The van der Waals surface area contributed by atoms with Crippen LogP contribution in [0.25, 0.3) is 10.8 Å². The minimum absolute atomic E-state index is 0.00462. The Balaban J connectivity index is 1.51. The monoisotopic (exact) mass is 364 g/mol. The fourth-order valence-electron chi connectivity index (χ4n) is 4.13. The summed E-state index contributed by atoms with van der Waals surface area (Å²) in [7, 11) is 3.51. The van der Waals surface area contributed by atoms with Gasteiger partial charge in [-0.25, -0.2) is 0 Å². The Morgan fingerprint density at radius 1 is 1.00 bits per heavy atom. The Morgan fingerprint density at radius 2 is 1.67 bits per heavy atom. The molecule has 2 aromatic rings. The van der Waals surface area contributed by atoms with Gasteiger partial charge in [-0.05, 0) is 67.1 Å². The second-order valence-corrected chi connectivity index (χ2v) is 8.38. The molecular weight excluding hydrogens is 336 g/mol. The van der Waals surface area contributed by atoms with Gasteiger partial charge in [0.15, 0.2) is 5.78 Å². The van der Waals surface area contributed by atoms with Crippen LogP contribution in [0.4, 0.5) is 0 Å². The van der Waals surface area contributed by atoms with Crippen molar-refractivity contribution in [2.24, 2.45) is 11.8 Å². The molecule has 1 aliphatic carbocycles. The number of amides is 1. The molecule has 4 rings (SSSR count). The third-order valence-corrected chi connectivity index (χ3v) is 5.87. The predicted molar refractivity (Wildman–Crippen MR) is 108 cm³/mol. The van der Waals surface area contributed by atoms with E-state index in [-0.39, 0.29) is 17.6 Å². The quantitative estimate of drug-likeness (QED) is 0.757. The van der Waals surface area contributed by atoms with E-state index < -0.39 is 0 Å². The van der Waals surface area contributed by atoms with Crippen LogP contribution in [-0.4, -0.2) is 55.2 Å². The summed E-state index contributed by atoms with van der Waals surface area (Å²) >= 11 is 0. The Kier molecular flexibility index (Phi) is 5.00. The fraction of sp³-hybridized carbons (Fsp3) is 0.478. The molecule has 0 spiro atoms. The van der Waals surface area contributed by atoms with Gasteiger partial charge < -0.3 is 9.80 Å². The molecule has 27 heavy (non-hydrogen) atoms. The van der Waals surface area contributed by atoms with Gasteiger partial charge >= 0.3 is 0 Å². The minimum atomic E-state index is -0.00462. The molecule has 1 saturated carbocycles. The number of benzene rings is 2. The van der Waals surface area contributed by atoms with Crippen LogP contribution in [0, 0.1) is 11.8 Å². The normalized spacial score (nSPS) is 20.6. The van der Waals surface area contributed by atoms with Crippen molar-refractivity contribution >= 4 is 22.5 Å². The van der Waals surface area contributed by atoms with Crippen LogP contribution in [-0.2, 0) is 0 Å². The lowest BCUT2D eigenvalue weighted by Gasteiger charge is -2.32. The smallest absolute Gasteiger partial charge is 0.253 e. The highest BCUT2D eigenvalue weighted by Crippen LogP contribution is 2.32. The molecule has 1 aliphatic heterocycles. The number of likely N-dealkylation sites (tertiary alicyclic amines) is 1. The second-order valence-electron chi connectivity index (χ2n) is 8.38. The standard InChI is InChI=1S/C23H28N2O2/c1-24(2)23(27)20-10-8-17-12-19(9-7-18(17)13-20)22(26)21-4-3-11-25(15-21)14-16-5-6-16/h7-10,12-13,16,21H,3-6,11,14-15H2,1-2H3. The molecule has 0 bridgehead atoms. The zero-order chi connectivity index (χ0) is 19.0. The SMILES string of the molecule is CN(C)C(=O)c1ccc2cc(C(=O)C3CCCN(CC4CC4)C3)ccc2c1. The first kappa shape index (κ1) is 18.2. The van der Waals surface area contributed by atoms with Gasteiger partial charge in [-0.15, -0.1) is 0 Å².